The topological polar surface area (TPSA) is 73.9 Å². The smallest absolute Gasteiger partial charge is 0.336 e. The molecule has 0 saturated heterocycles. The van der Waals surface area contributed by atoms with Crippen molar-refractivity contribution in [3.63, 3.8) is 0 Å². The second-order valence-corrected chi connectivity index (χ2v) is 9.22. The predicted octanol–water partition coefficient (Wildman–Crippen LogP) is 5.41. The minimum atomic E-state index is -0.551. The van der Waals surface area contributed by atoms with Gasteiger partial charge < -0.3 is 19.5 Å². The van der Waals surface area contributed by atoms with E-state index in [9.17, 15) is 9.59 Å². The number of dihydropyridines is 1. The third-order valence-electron chi connectivity index (χ3n) is 6.50. The highest BCUT2D eigenvalue weighted by Gasteiger charge is 2.42. The summed E-state index contributed by atoms with van der Waals surface area (Å²) in [6.07, 6.45) is 0.986. The molecule has 0 spiro atoms. The van der Waals surface area contributed by atoms with Crippen molar-refractivity contribution in [3.8, 4) is 11.5 Å². The summed E-state index contributed by atoms with van der Waals surface area (Å²) in [7, 11) is 1.64. The lowest BCUT2D eigenvalue weighted by molar-refractivity contribution is -0.138. The number of ether oxygens (including phenoxy) is 3. The molecule has 6 heteroatoms. The Morgan fingerprint density at radius 2 is 1.80 bits per heavy atom. The zero-order valence-electron chi connectivity index (χ0n) is 21.0. The Bertz CT molecular complexity index is 1180. The molecule has 0 saturated carbocycles. The third kappa shape index (κ3) is 4.97. The summed E-state index contributed by atoms with van der Waals surface area (Å²) in [5, 5.41) is 3.39. The van der Waals surface area contributed by atoms with Crippen molar-refractivity contribution in [1.29, 1.82) is 0 Å². The lowest BCUT2D eigenvalue weighted by atomic mass is 9.71. The summed E-state index contributed by atoms with van der Waals surface area (Å²) in [6, 6.07) is 15.5. The van der Waals surface area contributed by atoms with Crippen molar-refractivity contribution in [2.24, 2.45) is 0 Å². The van der Waals surface area contributed by atoms with Crippen LogP contribution in [0.3, 0.4) is 0 Å². The summed E-state index contributed by atoms with van der Waals surface area (Å²) < 4.78 is 16.8. The molecule has 0 fully saturated rings. The molecule has 1 aliphatic carbocycles. The maximum Gasteiger partial charge on any atom is 0.336 e. The summed E-state index contributed by atoms with van der Waals surface area (Å²) in [6.45, 7) is 7.83. The van der Waals surface area contributed by atoms with Crippen molar-refractivity contribution < 1.29 is 23.8 Å². The number of allylic oxidation sites excluding steroid dienone is 3. The number of nitrogens with one attached hydrogen (secondary N) is 1. The minimum absolute atomic E-state index is 0.0261. The molecule has 2 aliphatic rings. The van der Waals surface area contributed by atoms with Gasteiger partial charge >= 0.3 is 5.97 Å². The maximum absolute atomic E-state index is 13.7. The van der Waals surface area contributed by atoms with E-state index in [0.717, 1.165) is 22.6 Å². The van der Waals surface area contributed by atoms with Crippen molar-refractivity contribution >= 4 is 11.8 Å². The number of esters is 1. The molecule has 2 aromatic rings. The molecular formula is C29H33NO5. The lowest BCUT2D eigenvalue weighted by Crippen LogP contribution is -2.36. The third-order valence-corrected chi connectivity index (χ3v) is 6.50. The number of benzene rings is 2. The highest BCUT2D eigenvalue weighted by Crippen LogP contribution is 2.47. The van der Waals surface area contributed by atoms with Crippen LogP contribution in [0, 0.1) is 0 Å². The number of rotatable bonds is 7. The predicted molar refractivity (Wildman–Crippen MR) is 134 cm³/mol. The first-order valence-corrected chi connectivity index (χ1v) is 12.1. The van der Waals surface area contributed by atoms with E-state index < -0.39 is 11.9 Å². The fourth-order valence-corrected chi connectivity index (χ4v) is 5.02. The van der Waals surface area contributed by atoms with Gasteiger partial charge in [0.1, 0.15) is 11.5 Å². The Morgan fingerprint density at radius 3 is 2.46 bits per heavy atom. The molecule has 4 rings (SSSR count). The monoisotopic (exact) mass is 475 g/mol. The SMILES string of the molecule is CCOC(=O)C1=C(C)NC2=C(C(=O)CC(c3ccc(OC)cc3)C2)C1c1ccccc1OC(C)C. The molecule has 1 heterocycles. The van der Waals surface area contributed by atoms with Crippen LogP contribution in [-0.4, -0.2) is 31.6 Å². The quantitative estimate of drug-likeness (QED) is 0.540. The van der Waals surface area contributed by atoms with E-state index in [1.807, 2.05) is 69.3 Å². The van der Waals surface area contributed by atoms with E-state index in [1.165, 1.54) is 0 Å². The first kappa shape index (κ1) is 24.6. The van der Waals surface area contributed by atoms with Crippen molar-refractivity contribution in [1.82, 2.24) is 5.32 Å². The molecule has 0 bridgehead atoms. The van der Waals surface area contributed by atoms with E-state index in [2.05, 4.69) is 5.32 Å². The van der Waals surface area contributed by atoms with E-state index >= 15 is 0 Å². The van der Waals surface area contributed by atoms with Gasteiger partial charge in [-0.2, -0.15) is 0 Å². The van der Waals surface area contributed by atoms with Crippen LogP contribution in [-0.2, 0) is 14.3 Å². The summed E-state index contributed by atoms with van der Waals surface area (Å²) in [5.74, 6) is 0.549. The van der Waals surface area contributed by atoms with E-state index in [0.29, 0.717) is 35.4 Å². The number of carbonyl (C=O) groups excluding carboxylic acids is 2. The van der Waals surface area contributed by atoms with Gasteiger partial charge in [0.15, 0.2) is 5.78 Å². The van der Waals surface area contributed by atoms with Crippen molar-refractivity contribution in [2.45, 2.75) is 58.5 Å². The number of ketones is 1. The highest BCUT2D eigenvalue weighted by atomic mass is 16.5. The molecule has 0 aromatic heterocycles. The Kier molecular flexibility index (Phi) is 7.29. The molecule has 35 heavy (non-hydrogen) atoms. The normalized spacial score (nSPS) is 19.9. The molecule has 0 amide bonds. The number of hydrogen-bond donors (Lipinski definition) is 1. The number of para-hydroxylation sites is 1. The summed E-state index contributed by atoms with van der Waals surface area (Å²) in [4.78, 5) is 26.9. The van der Waals surface area contributed by atoms with Crippen LogP contribution in [0.2, 0.25) is 0 Å². The molecule has 184 valence electrons. The molecular weight excluding hydrogens is 442 g/mol. The van der Waals surface area contributed by atoms with Gasteiger partial charge in [-0.3, -0.25) is 4.79 Å². The van der Waals surface area contributed by atoms with Crippen LogP contribution < -0.4 is 14.8 Å². The molecule has 1 N–H and O–H groups in total. The zero-order chi connectivity index (χ0) is 25.1. The average Bonchev–Trinajstić information content (AvgIpc) is 2.83. The van der Waals surface area contributed by atoms with Crippen molar-refractivity contribution in [2.75, 3.05) is 13.7 Å². The number of methoxy groups -OCH3 is 1. The number of Topliss-reactive ketones (excluding diaryl/α,β-unsaturated/α-hetero) is 1. The Balaban J connectivity index is 1.81. The standard InChI is InChI=1S/C29H33NO5/c1-6-34-29(32)26-18(4)30-23-15-20(19-11-13-21(33-5)14-12-19)16-24(31)28(23)27(26)22-9-7-8-10-25(22)35-17(2)3/h7-14,17,20,27,30H,6,15-16H2,1-5H3. The van der Waals surface area contributed by atoms with Gasteiger partial charge in [-0.1, -0.05) is 30.3 Å². The molecule has 0 radical (unpaired) electrons. The Morgan fingerprint density at radius 1 is 1.09 bits per heavy atom. The van der Waals surface area contributed by atoms with Crippen molar-refractivity contribution in [3.05, 3.63) is 82.2 Å². The molecule has 1 aliphatic heterocycles. The second kappa shape index (κ2) is 10.4. The van der Waals surface area contributed by atoms with Crippen LogP contribution in [0.15, 0.2) is 71.1 Å². The number of hydrogen-bond acceptors (Lipinski definition) is 6. The Hall–Kier alpha value is -3.54. The van der Waals surface area contributed by atoms with E-state index in [-0.39, 0.29) is 24.4 Å². The van der Waals surface area contributed by atoms with Crippen LogP contribution in [0.25, 0.3) is 0 Å². The van der Waals surface area contributed by atoms with Crippen LogP contribution in [0.1, 0.15) is 63.5 Å². The summed E-state index contributed by atoms with van der Waals surface area (Å²) in [5.41, 5.74) is 4.54. The van der Waals surface area contributed by atoms with Gasteiger partial charge in [0.25, 0.3) is 0 Å². The zero-order valence-corrected chi connectivity index (χ0v) is 21.0. The molecule has 2 aromatic carbocycles. The Labute approximate surface area is 207 Å². The first-order valence-electron chi connectivity index (χ1n) is 12.1. The largest absolute Gasteiger partial charge is 0.497 e. The second-order valence-electron chi connectivity index (χ2n) is 9.22. The van der Waals surface area contributed by atoms with E-state index in [1.54, 1.807) is 14.0 Å². The van der Waals surface area contributed by atoms with Gasteiger partial charge in [-0.05, 0) is 63.8 Å². The van der Waals surface area contributed by atoms with Crippen LogP contribution >= 0.6 is 0 Å². The minimum Gasteiger partial charge on any atom is -0.497 e. The van der Waals surface area contributed by atoms with Gasteiger partial charge in [0.2, 0.25) is 0 Å². The van der Waals surface area contributed by atoms with Gasteiger partial charge in [0.05, 0.1) is 31.3 Å². The maximum atomic E-state index is 13.7. The fraction of sp³-hybridized carbons (Fsp3) is 0.379. The van der Waals surface area contributed by atoms with Gasteiger partial charge in [0, 0.05) is 29.0 Å². The fourth-order valence-electron chi connectivity index (χ4n) is 5.02. The van der Waals surface area contributed by atoms with E-state index in [4.69, 9.17) is 14.2 Å². The first-order chi connectivity index (χ1) is 16.8. The number of carbonyl (C=O) groups is 2. The van der Waals surface area contributed by atoms with Crippen LogP contribution in [0.5, 0.6) is 11.5 Å². The summed E-state index contributed by atoms with van der Waals surface area (Å²) >= 11 is 0. The molecule has 2 unspecified atom stereocenters. The van der Waals surface area contributed by atoms with Gasteiger partial charge in [-0.15, -0.1) is 0 Å². The molecule has 6 nitrogen and oxygen atoms in total. The average molecular weight is 476 g/mol. The molecule has 2 atom stereocenters. The van der Waals surface area contributed by atoms with Gasteiger partial charge in [-0.25, -0.2) is 4.79 Å². The lowest BCUT2D eigenvalue weighted by Gasteiger charge is -2.37. The van der Waals surface area contributed by atoms with Crippen LogP contribution in [0.4, 0.5) is 0 Å². The highest BCUT2D eigenvalue weighted by molar-refractivity contribution is 6.04.